The summed E-state index contributed by atoms with van der Waals surface area (Å²) in [5.41, 5.74) is 1.28. The molecule has 5 nitrogen and oxygen atoms in total. The van der Waals surface area contributed by atoms with E-state index in [1.807, 2.05) is 0 Å². The number of anilines is 1. The first-order valence-electron chi connectivity index (χ1n) is 6.14. The van der Waals surface area contributed by atoms with Gasteiger partial charge in [-0.3, -0.25) is 14.4 Å². The van der Waals surface area contributed by atoms with Gasteiger partial charge in [0.2, 0.25) is 11.8 Å². The van der Waals surface area contributed by atoms with Crippen molar-refractivity contribution in [3.63, 3.8) is 0 Å². The minimum Gasteiger partial charge on any atom is -0.341 e. The average molecular weight is 260 g/mol. The molecule has 5 heteroatoms. The minimum atomic E-state index is -0.142. The highest BCUT2D eigenvalue weighted by molar-refractivity contribution is 5.96. The van der Waals surface area contributed by atoms with Crippen LogP contribution in [0.25, 0.3) is 0 Å². The molecule has 2 rings (SSSR count). The molecule has 0 aromatic heterocycles. The fourth-order valence-electron chi connectivity index (χ4n) is 1.93. The van der Waals surface area contributed by atoms with Gasteiger partial charge in [-0.15, -0.1) is 0 Å². The Kier molecular flexibility index (Phi) is 3.64. The van der Waals surface area contributed by atoms with Crippen LogP contribution in [0, 0.1) is 5.92 Å². The summed E-state index contributed by atoms with van der Waals surface area (Å²) in [5, 5.41) is 2.78. The minimum absolute atomic E-state index is 0.00476. The van der Waals surface area contributed by atoms with Gasteiger partial charge >= 0.3 is 0 Å². The zero-order chi connectivity index (χ0) is 14.0. The summed E-state index contributed by atoms with van der Waals surface area (Å²) in [5.74, 6) is -0.242. The summed E-state index contributed by atoms with van der Waals surface area (Å²) in [6.07, 6.45) is 0. The van der Waals surface area contributed by atoms with E-state index in [4.69, 9.17) is 0 Å². The first-order valence-corrected chi connectivity index (χ1v) is 6.14. The summed E-state index contributed by atoms with van der Waals surface area (Å²) >= 11 is 0. The maximum absolute atomic E-state index is 11.9. The van der Waals surface area contributed by atoms with Gasteiger partial charge in [0.05, 0.1) is 5.92 Å². The van der Waals surface area contributed by atoms with Crippen molar-refractivity contribution in [3.05, 3.63) is 29.8 Å². The first-order chi connectivity index (χ1) is 8.97. The first kappa shape index (κ1) is 13.3. The summed E-state index contributed by atoms with van der Waals surface area (Å²) < 4.78 is 0. The fourth-order valence-corrected chi connectivity index (χ4v) is 1.93. The Balaban J connectivity index is 1.89. The molecule has 100 valence electrons. The van der Waals surface area contributed by atoms with Crippen molar-refractivity contribution in [2.45, 2.75) is 13.8 Å². The maximum Gasteiger partial charge on any atom is 0.231 e. The fraction of sp³-hybridized carbons (Fsp3) is 0.357. The van der Waals surface area contributed by atoms with Crippen molar-refractivity contribution in [1.29, 1.82) is 0 Å². The topological polar surface area (TPSA) is 66.5 Å². The van der Waals surface area contributed by atoms with E-state index in [0.717, 1.165) is 0 Å². The van der Waals surface area contributed by atoms with Gasteiger partial charge in [0.15, 0.2) is 5.78 Å². The Bertz CT molecular complexity index is 516. The number of carbonyl (C=O) groups is 3. The molecule has 1 fully saturated rings. The van der Waals surface area contributed by atoms with Crippen molar-refractivity contribution in [3.8, 4) is 0 Å². The van der Waals surface area contributed by atoms with Crippen LogP contribution in [-0.4, -0.2) is 35.6 Å². The van der Waals surface area contributed by atoms with Crippen molar-refractivity contribution < 1.29 is 14.4 Å². The van der Waals surface area contributed by atoms with Crippen molar-refractivity contribution in [2.75, 3.05) is 18.4 Å². The van der Waals surface area contributed by atoms with Gasteiger partial charge in [0.25, 0.3) is 0 Å². The largest absolute Gasteiger partial charge is 0.341 e. The number of Topliss-reactive ketones (excluding diaryl/α,β-unsaturated/α-hetero) is 1. The van der Waals surface area contributed by atoms with Crippen LogP contribution in [0.4, 0.5) is 5.69 Å². The third-order valence-electron chi connectivity index (χ3n) is 3.26. The van der Waals surface area contributed by atoms with Gasteiger partial charge in [-0.2, -0.15) is 0 Å². The Morgan fingerprint density at radius 3 is 2.16 bits per heavy atom. The van der Waals surface area contributed by atoms with E-state index in [9.17, 15) is 14.4 Å². The van der Waals surface area contributed by atoms with E-state index in [0.29, 0.717) is 24.3 Å². The highest BCUT2D eigenvalue weighted by Gasteiger charge is 2.33. The third kappa shape index (κ3) is 2.99. The molecule has 19 heavy (non-hydrogen) atoms. The molecule has 0 atom stereocenters. The molecule has 1 aliphatic rings. The molecule has 0 spiro atoms. The SMILES string of the molecule is CC(=O)c1ccc(NC(=O)C2CN(C(C)=O)C2)cc1. The predicted octanol–water partition coefficient (Wildman–Crippen LogP) is 1.31. The zero-order valence-corrected chi connectivity index (χ0v) is 11.0. The molecule has 0 unspecified atom stereocenters. The number of likely N-dealkylation sites (tertiary alicyclic amines) is 1. The molecule has 0 saturated carbocycles. The van der Waals surface area contributed by atoms with Crippen LogP contribution in [0.15, 0.2) is 24.3 Å². The van der Waals surface area contributed by atoms with Gasteiger partial charge in [0.1, 0.15) is 0 Å². The van der Waals surface area contributed by atoms with Crippen molar-refractivity contribution >= 4 is 23.3 Å². The van der Waals surface area contributed by atoms with Crippen LogP contribution in [0.3, 0.4) is 0 Å². The van der Waals surface area contributed by atoms with E-state index in [2.05, 4.69) is 5.32 Å². The molecule has 0 bridgehead atoms. The van der Waals surface area contributed by atoms with Gasteiger partial charge in [-0.25, -0.2) is 0 Å². The van der Waals surface area contributed by atoms with Crippen molar-refractivity contribution in [1.82, 2.24) is 4.90 Å². The Hall–Kier alpha value is -2.17. The van der Waals surface area contributed by atoms with Gasteiger partial charge in [0, 0.05) is 31.3 Å². The van der Waals surface area contributed by atoms with Crippen LogP contribution in [0.5, 0.6) is 0 Å². The van der Waals surface area contributed by atoms with Crippen LogP contribution in [0.1, 0.15) is 24.2 Å². The second-order valence-corrected chi connectivity index (χ2v) is 4.74. The summed E-state index contributed by atoms with van der Waals surface area (Å²) in [6, 6.07) is 6.77. The highest BCUT2D eigenvalue weighted by Crippen LogP contribution is 2.18. The summed E-state index contributed by atoms with van der Waals surface area (Å²) in [6.45, 7) is 3.95. The second-order valence-electron chi connectivity index (χ2n) is 4.74. The van der Waals surface area contributed by atoms with Crippen molar-refractivity contribution in [2.24, 2.45) is 5.92 Å². The number of ketones is 1. The molecular weight excluding hydrogens is 244 g/mol. The zero-order valence-electron chi connectivity index (χ0n) is 11.0. The Morgan fingerprint density at radius 1 is 1.11 bits per heavy atom. The number of hydrogen-bond acceptors (Lipinski definition) is 3. The monoisotopic (exact) mass is 260 g/mol. The number of amides is 2. The van der Waals surface area contributed by atoms with Crippen LogP contribution >= 0.6 is 0 Å². The molecule has 1 aromatic carbocycles. The quantitative estimate of drug-likeness (QED) is 0.833. The lowest BCUT2D eigenvalue weighted by molar-refractivity contribution is -0.139. The number of benzene rings is 1. The number of nitrogens with zero attached hydrogens (tertiary/aromatic N) is 1. The standard InChI is InChI=1S/C14H16N2O3/c1-9(17)11-3-5-13(6-4-11)15-14(19)12-7-16(8-12)10(2)18/h3-6,12H,7-8H2,1-2H3,(H,15,19). The van der Waals surface area contributed by atoms with E-state index < -0.39 is 0 Å². The number of carbonyl (C=O) groups excluding carboxylic acids is 3. The molecule has 1 heterocycles. The molecule has 1 aliphatic heterocycles. The molecule has 0 aliphatic carbocycles. The number of hydrogen-bond donors (Lipinski definition) is 1. The van der Waals surface area contributed by atoms with Gasteiger partial charge in [-0.1, -0.05) is 0 Å². The van der Waals surface area contributed by atoms with E-state index >= 15 is 0 Å². The lowest BCUT2D eigenvalue weighted by Crippen LogP contribution is -2.53. The lowest BCUT2D eigenvalue weighted by Gasteiger charge is -2.37. The predicted molar refractivity (Wildman–Crippen MR) is 70.8 cm³/mol. The van der Waals surface area contributed by atoms with Crippen LogP contribution in [-0.2, 0) is 9.59 Å². The van der Waals surface area contributed by atoms with E-state index in [-0.39, 0.29) is 23.5 Å². The van der Waals surface area contributed by atoms with Gasteiger partial charge in [-0.05, 0) is 31.2 Å². The second kappa shape index (κ2) is 5.22. The number of rotatable bonds is 3. The van der Waals surface area contributed by atoms with Crippen LogP contribution in [0.2, 0.25) is 0 Å². The summed E-state index contributed by atoms with van der Waals surface area (Å²) in [7, 11) is 0. The molecule has 1 N–H and O–H groups in total. The maximum atomic E-state index is 11.9. The van der Waals surface area contributed by atoms with E-state index in [1.165, 1.54) is 13.8 Å². The highest BCUT2D eigenvalue weighted by atomic mass is 16.2. The van der Waals surface area contributed by atoms with Crippen LogP contribution < -0.4 is 5.32 Å². The van der Waals surface area contributed by atoms with Gasteiger partial charge < -0.3 is 10.2 Å². The molecule has 1 saturated heterocycles. The Morgan fingerprint density at radius 2 is 1.68 bits per heavy atom. The number of nitrogens with one attached hydrogen (secondary N) is 1. The van der Waals surface area contributed by atoms with E-state index in [1.54, 1.807) is 29.2 Å². The molecule has 0 radical (unpaired) electrons. The normalized spacial score (nSPS) is 14.7. The smallest absolute Gasteiger partial charge is 0.231 e. The summed E-state index contributed by atoms with van der Waals surface area (Å²) in [4.78, 5) is 35.6. The molecule has 2 amide bonds. The molecule has 1 aromatic rings. The molecular formula is C14H16N2O3. The lowest BCUT2D eigenvalue weighted by atomic mass is 9.99. The Labute approximate surface area is 111 Å². The third-order valence-corrected chi connectivity index (χ3v) is 3.26. The average Bonchev–Trinajstić information content (AvgIpc) is 2.26.